The predicted molar refractivity (Wildman–Crippen MR) is 139 cm³/mol. The fraction of sp³-hybridized carbons (Fsp3) is 0.258. The Morgan fingerprint density at radius 3 is 2.38 bits per heavy atom. The molecule has 1 aliphatic carbocycles. The third-order valence-corrected chi connectivity index (χ3v) is 6.86. The third-order valence-electron chi connectivity index (χ3n) is 6.86. The Balaban J connectivity index is 1.32. The maximum absolute atomic E-state index is 12.7. The lowest BCUT2D eigenvalue weighted by atomic mass is 9.89. The highest BCUT2D eigenvalue weighted by Gasteiger charge is 2.23. The number of rotatable bonds is 7. The van der Waals surface area contributed by atoms with Gasteiger partial charge in [-0.2, -0.15) is 0 Å². The lowest BCUT2D eigenvalue weighted by molar-refractivity contribution is 0.0953. The summed E-state index contributed by atoms with van der Waals surface area (Å²) in [5.41, 5.74) is 8.46. The van der Waals surface area contributed by atoms with E-state index in [9.17, 15) is 4.79 Å². The Morgan fingerprint density at radius 1 is 0.941 bits per heavy atom. The molecule has 1 unspecified atom stereocenters. The Bertz CT molecular complexity index is 1240. The molecule has 0 radical (unpaired) electrons. The maximum atomic E-state index is 12.7. The summed E-state index contributed by atoms with van der Waals surface area (Å²) in [5, 5.41) is 3.07. The molecule has 34 heavy (non-hydrogen) atoms. The number of carbonyl (C=O) groups excluding carboxylic acids is 1. The summed E-state index contributed by atoms with van der Waals surface area (Å²) in [6.07, 6.45) is 5.34. The van der Waals surface area contributed by atoms with Crippen LogP contribution in [-0.4, -0.2) is 17.0 Å². The minimum absolute atomic E-state index is 0.00810. The molecule has 5 rings (SSSR count). The zero-order chi connectivity index (χ0) is 23.3. The number of fused-ring (bicyclic) bond motifs is 1. The molecule has 1 N–H and O–H groups in total. The van der Waals surface area contributed by atoms with Gasteiger partial charge in [-0.25, -0.2) is 0 Å². The minimum Gasteiger partial charge on any atom is -0.352 e. The van der Waals surface area contributed by atoms with Crippen molar-refractivity contribution >= 4 is 5.91 Å². The number of aryl methyl sites for hydroxylation is 1. The van der Waals surface area contributed by atoms with Gasteiger partial charge in [0.05, 0.1) is 5.69 Å². The van der Waals surface area contributed by atoms with Crippen LogP contribution >= 0.6 is 0 Å². The molecular weight excluding hydrogens is 416 g/mol. The molecule has 0 aliphatic heterocycles. The van der Waals surface area contributed by atoms with E-state index >= 15 is 0 Å². The highest BCUT2D eigenvalue weighted by atomic mass is 16.1. The Morgan fingerprint density at radius 2 is 1.65 bits per heavy atom. The van der Waals surface area contributed by atoms with Crippen molar-refractivity contribution in [2.45, 2.75) is 39.0 Å². The lowest BCUT2D eigenvalue weighted by Gasteiger charge is -2.21. The smallest absolute Gasteiger partial charge is 0.251 e. The Labute approximate surface area is 202 Å². The number of hydrogen-bond donors (Lipinski definition) is 1. The van der Waals surface area contributed by atoms with E-state index in [2.05, 4.69) is 89.6 Å². The van der Waals surface area contributed by atoms with Gasteiger partial charge >= 0.3 is 0 Å². The first-order valence-electron chi connectivity index (χ1n) is 12.4. The lowest BCUT2D eigenvalue weighted by Crippen LogP contribution is -2.24. The number of amides is 1. The summed E-state index contributed by atoms with van der Waals surface area (Å²) in [6, 6.07) is 31.5. The molecule has 1 atom stereocenters. The number of aromatic nitrogens is 1. The van der Waals surface area contributed by atoms with Gasteiger partial charge in [-0.05, 0) is 85.0 Å². The van der Waals surface area contributed by atoms with Gasteiger partial charge in [0, 0.05) is 23.5 Å². The van der Waals surface area contributed by atoms with Gasteiger partial charge in [0.15, 0.2) is 0 Å². The maximum Gasteiger partial charge on any atom is 0.251 e. The van der Waals surface area contributed by atoms with E-state index in [1.54, 1.807) is 0 Å². The molecule has 1 aromatic heterocycles. The van der Waals surface area contributed by atoms with Gasteiger partial charge in [0.25, 0.3) is 5.91 Å². The van der Waals surface area contributed by atoms with Gasteiger partial charge < -0.3 is 9.88 Å². The average Bonchev–Trinajstić information content (AvgIpc) is 3.26. The zero-order valence-corrected chi connectivity index (χ0v) is 19.8. The summed E-state index contributed by atoms with van der Waals surface area (Å²) < 4.78 is 2.40. The topological polar surface area (TPSA) is 34.0 Å². The molecule has 3 aromatic carbocycles. The number of hydrogen-bond acceptors (Lipinski definition) is 1. The molecule has 1 aliphatic rings. The second-order valence-corrected chi connectivity index (χ2v) is 9.44. The third kappa shape index (κ3) is 4.84. The van der Waals surface area contributed by atoms with Crippen LogP contribution in [0.25, 0.3) is 16.9 Å². The van der Waals surface area contributed by atoms with Gasteiger partial charge in [0.1, 0.15) is 0 Å². The first kappa shape index (κ1) is 22.2. The van der Waals surface area contributed by atoms with E-state index in [0.717, 1.165) is 37.3 Å². The summed E-state index contributed by atoms with van der Waals surface area (Å²) in [6.45, 7) is 3.02. The SMILES string of the molecule is CC1CCc2c(cc(-c3ccccc3)n2-c2ccc(C(=O)NCCCc3ccccc3)cc2)C1. The van der Waals surface area contributed by atoms with Crippen molar-refractivity contribution in [3.63, 3.8) is 0 Å². The Kier molecular flexibility index (Phi) is 6.62. The first-order chi connectivity index (χ1) is 16.7. The van der Waals surface area contributed by atoms with Gasteiger partial charge in [-0.15, -0.1) is 0 Å². The molecule has 0 fully saturated rings. The van der Waals surface area contributed by atoms with Crippen molar-refractivity contribution in [3.8, 4) is 16.9 Å². The van der Waals surface area contributed by atoms with Crippen LogP contribution in [0.5, 0.6) is 0 Å². The normalized spacial score (nSPS) is 15.0. The highest BCUT2D eigenvalue weighted by molar-refractivity contribution is 5.94. The van der Waals surface area contributed by atoms with E-state index < -0.39 is 0 Å². The van der Waals surface area contributed by atoms with E-state index in [4.69, 9.17) is 0 Å². The van der Waals surface area contributed by atoms with E-state index in [-0.39, 0.29) is 5.91 Å². The molecule has 0 saturated carbocycles. The van der Waals surface area contributed by atoms with Gasteiger partial charge in [0.2, 0.25) is 0 Å². The van der Waals surface area contributed by atoms with Crippen molar-refractivity contribution < 1.29 is 4.79 Å². The summed E-state index contributed by atoms with van der Waals surface area (Å²) in [4.78, 5) is 12.7. The number of carbonyl (C=O) groups is 1. The second-order valence-electron chi connectivity index (χ2n) is 9.44. The van der Waals surface area contributed by atoms with E-state index in [0.29, 0.717) is 12.1 Å². The number of nitrogens with zero attached hydrogens (tertiary/aromatic N) is 1. The van der Waals surface area contributed by atoms with Crippen molar-refractivity contribution in [3.05, 3.63) is 113 Å². The van der Waals surface area contributed by atoms with E-state index in [1.165, 1.54) is 34.5 Å². The molecule has 1 heterocycles. The summed E-state index contributed by atoms with van der Waals surface area (Å²) in [5.74, 6) is 0.714. The van der Waals surface area contributed by atoms with Crippen LogP contribution in [0.1, 0.15) is 46.9 Å². The van der Waals surface area contributed by atoms with Crippen molar-refractivity contribution in [1.29, 1.82) is 0 Å². The summed E-state index contributed by atoms with van der Waals surface area (Å²) >= 11 is 0. The fourth-order valence-electron chi connectivity index (χ4n) is 5.03. The zero-order valence-electron chi connectivity index (χ0n) is 19.8. The first-order valence-corrected chi connectivity index (χ1v) is 12.4. The monoisotopic (exact) mass is 448 g/mol. The molecule has 4 aromatic rings. The largest absolute Gasteiger partial charge is 0.352 e. The molecule has 3 nitrogen and oxygen atoms in total. The van der Waals surface area contributed by atoms with Crippen LogP contribution in [0.15, 0.2) is 91.0 Å². The van der Waals surface area contributed by atoms with Crippen LogP contribution in [0.4, 0.5) is 0 Å². The average molecular weight is 449 g/mol. The van der Waals surface area contributed by atoms with Gasteiger partial charge in [-0.1, -0.05) is 67.6 Å². The minimum atomic E-state index is -0.00810. The molecular formula is C31H32N2O. The molecule has 0 bridgehead atoms. The van der Waals surface area contributed by atoms with Crippen LogP contribution in [0, 0.1) is 5.92 Å². The van der Waals surface area contributed by atoms with Crippen LogP contribution in [0.3, 0.4) is 0 Å². The fourth-order valence-corrected chi connectivity index (χ4v) is 5.03. The van der Waals surface area contributed by atoms with Gasteiger partial charge in [-0.3, -0.25) is 4.79 Å². The van der Waals surface area contributed by atoms with Crippen molar-refractivity contribution in [2.24, 2.45) is 5.92 Å². The molecule has 1 amide bonds. The molecule has 3 heteroatoms. The van der Waals surface area contributed by atoms with Crippen molar-refractivity contribution in [1.82, 2.24) is 9.88 Å². The van der Waals surface area contributed by atoms with Crippen molar-refractivity contribution in [2.75, 3.05) is 6.54 Å². The molecule has 0 spiro atoms. The second kappa shape index (κ2) is 10.1. The van der Waals surface area contributed by atoms with Crippen LogP contribution < -0.4 is 5.32 Å². The summed E-state index contributed by atoms with van der Waals surface area (Å²) in [7, 11) is 0. The number of benzene rings is 3. The highest BCUT2D eigenvalue weighted by Crippen LogP contribution is 2.35. The van der Waals surface area contributed by atoms with Crippen LogP contribution in [0.2, 0.25) is 0 Å². The van der Waals surface area contributed by atoms with Crippen LogP contribution in [-0.2, 0) is 19.3 Å². The molecule has 0 saturated heterocycles. The Hall–Kier alpha value is -3.59. The standard InChI is InChI=1S/C31H32N2O/c1-23-14-19-29-27(21-23)22-30(25-12-6-3-7-13-25)33(29)28-17-15-26(16-18-28)31(34)32-20-8-11-24-9-4-2-5-10-24/h2-7,9-10,12-13,15-18,22-23H,8,11,14,19-21H2,1H3,(H,32,34). The van der Waals surface area contributed by atoms with E-state index in [1.807, 2.05) is 18.2 Å². The predicted octanol–water partition coefficient (Wildman–Crippen LogP) is 6.63. The molecule has 172 valence electrons. The quantitative estimate of drug-likeness (QED) is 0.316. The number of nitrogens with one attached hydrogen (secondary N) is 1.